The summed E-state index contributed by atoms with van der Waals surface area (Å²) in [7, 11) is 0. The summed E-state index contributed by atoms with van der Waals surface area (Å²) in [6, 6.07) is 0. The molecule has 0 spiro atoms. The first kappa shape index (κ1) is 14.2. The van der Waals surface area contributed by atoms with Crippen molar-refractivity contribution in [3.05, 3.63) is 12.2 Å². The number of carbonyl (C=O) groups is 1. The maximum atomic E-state index is 11.4. The van der Waals surface area contributed by atoms with Crippen molar-refractivity contribution in [1.29, 1.82) is 0 Å². The molecule has 0 unspecified atom stereocenters. The van der Waals surface area contributed by atoms with E-state index in [1.54, 1.807) is 0 Å². The van der Waals surface area contributed by atoms with Gasteiger partial charge in [-0.05, 0) is 26.8 Å². The van der Waals surface area contributed by atoms with Gasteiger partial charge in [0.1, 0.15) is 6.61 Å². The van der Waals surface area contributed by atoms with Gasteiger partial charge >= 0.3 is 5.97 Å². The van der Waals surface area contributed by atoms with E-state index in [0.29, 0.717) is 6.61 Å². The first-order valence-corrected chi connectivity index (χ1v) is 6.12. The third-order valence-electron chi connectivity index (χ3n) is 2.56. The van der Waals surface area contributed by atoms with E-state index in [2.05, 4.69) is 4.90 Å². The van der Waals surface area contributed by atoms with Gasteiger partial charge in [-0.1, -0.05) is 6.08 Å². The number of esters is 1. The summed E-state index contributed by atoms with van der Waals surface area (Å²) in [4.78, 5) is 13.8. The average Bonchev–Trinajstić information content (AvgIpc) is 2.28. The minimum absolute atomic E-state index is 0.159. The Morgan fingerprint density at radius 3 is 2.53 bits per heavy atom. The van der Waals surface area contributed by atoms with Crippen molar-refractivity contribution in [2.45, 2.75) is 20.8 Å². The quantitative estimate of drug-likeness (QED) is 0.552. The predicted octanol–water partition coefficient (Wildman–Crippen LogP) is 1.46. The van der Waals surface area contributed by atoms with E-state index in [4.69, 9.17) is 9.47 Å². The molecule has 1 aliphatic rings. The molecule has 0 radical (unpaired) electrons. The molecule has 98 valence electrons. The average molecular weight is 241 g/mol. The van der Waals surface area contributed by atoms with Crippen LogP contribution < -0.4 is 0 Å². The highest BCUT2D eigenvalue weighted by Gasteiger charge is 2.22. The van der Waals surface area contributed by atoms with Gasteiger partial charge in [0.2, 0.25) is 0 Å². The van der Waals surface area contributed by atoms with Gasteiger partial charge in [-0.3, -0.25) is 9.69 Å². The number of morpholine rings is 1. The van der Waals surface area contributed by atoms with Gasteiger partial charge in [-0.25, -0.2) is 0 Å². The number of nitrogens with zero attached hydrogens (tertiary/aromatic N) is 1. The fourth-order valence-electron chi connectivity index (χ4n) is 1.42. The standard InChI is InChI=1S/C13H23NO3/c1-13(2,3)12(15)17-9-5-4-6-14-7-10-16-11-8-14/h4-5H,6-11H2,1-3H3. The second-order valence-corrected chi connectivity index (χ2v) is 5.23. The molecule has 1 rings (SSSR count). The van der Waals surface area contributed by atoms with Crippen LogP contribution in [-0.2, 0) is 14.3 Å². The van der Waals surface area contributed by atoms with Gasteiger partial charge in [0.05, 0.1) is 18.6 Å². The summed E-state index contributed by atoms with van der Waals surface area (Å²) in [6.45, 7) is 10.4. The third-order valence-corrected chi connectivity index (χ3v) is 2.56. The molecule has 0 bridgehead atoms. The summed E-state index contributed by atoms with van der Waals surface area (Å²) >= 11 is 0. The lowest BCUT2D eigenvalue weighted by Gasteiger charge is -2.25. The monoisotopic (exact) mass is 241 g/mol. The molecule has 0 N–H and O–H groups in total. The van der Waals surface area contributed by atoms with Crippen LogP contribution in [0.3, 0.4) is 0 Å². The van der Waals surface area contributed by atoms with Gasteiger partial charge in [0, 0.05) is 19.6 Å². The Hall–Kier alpha value is -0.870. The normalized spacial score (nSPS) is 18.5. The SMILES string of the molecule is CC(C)(C)C(=O)OCC=CCN1CCOCC1. The summed E-state index contributed by atoms with van der Waals surface area (Å²) < 4.78 is 10.4. The zero-order valence-electron chi connectivity index (χ0n) is 11.1. The van der Waals surface area contributed by atoms with E-state index in [9.17, 15) is 4.79 Å². The molecular weight excluding hydrogens is 218 g/mol. The van der Waals surface area contributed by atoms with E-state index in [1.165, 1.54) is 0 Å². The zero-order valence-corrected chi connectivity index (χ0v) is 11.1. The minimum atomic E-state index is -0.419. The Morgan fingerprint density at radius 1 is 1.29 bits per heavy atom. The molecule has 1 heterocycles. The molecule has 0 aromatic heterocycles. The fourth-order valence-corrected chi connectivity index (χ4v) is 1.42. The lowest BCUT2D eigenvalue weighted by atomic mass is 9.97. The lowest BCUT2D eigenvalue weighted by Crippen LogP contribution is -2.36. The Bertz CT molecular complexity index is 262. The smallest absolute Gasteiger partial charge is 0.311 e. The first-order valence-electron chi connectivity index (χ1n) is 6.12. The highest BCUT2D eigenvalue weighted by atomic mass is 16.5. The predicted molar refractivity (Wildman–Crippen MR) is 66.8 cm³/mol. The van der Waals surface area contributed by atoms with Crippen LogP contribution in [0.5, 0.6) is 0 Å². The highest BCUT2D eigenvalue weighted by Crippen LogP contribution is 2.14. The molecule has 4 nitrogen and oxygen atoms in total. The van der Waals surface area contributed by atoms with Gasteiger partial charge in [0.25, 0.3) is 0 Å². The van der Waals surface area contributed by atoms with E-state index in [-0.39, 0.29) is 5.97 Å². The highest BCUT2D eigenvalue weighted by molar-refractivity contribution is 5.75. The Balaban J connectivity index is 2.11. The first-order chi connectivity index (χ1) is 8.00. The maximum absolute atomic E-state index is 11.4. The third kappa shape index (κ3) is 5.84. The molecular formula is C13H23NO3. The van der Waals surface area contributed by atoms with Crippen LogP contribution in [-0.4, -0.2) is 50.3 Å². The Morgan fingerprint density at radius 2 is 1.94 bits per heavy atom. The molecule has 4 heteroatoms. The number of carbonyl (C=O) groups excluding carboxylic acids is 1. The molecule has 0 aromatic rings. The van der Waals surface area contributed by atoms with Crippen LogP contribution in [0.25, 0.3) is 0 Å². The largest absolute Gasteiger partial charge is 0.461 e. The molecule has 17 heavy (non-hydrogen) atoms. The molecule has 0 amide bonds. The number of ether oxygens (including phenoxy) is 2. The molecule has 0 atom stereocenters. The maximum Gasteiger partial charge on any atom is 0.311 e. The molecule has 1 fully saturated rings. The topological polar surface area (TPSA) is 38.8 Å². The molecule has 1 aliphatic heterocycles. The van der Waals surface area contributed by atoms with E-state index < -0.39 is 5.41 Å². The minimum Gasteiger partial charge on any atom is -0.461 e. The molecule has 1 saturated heterocycles. The van der Waals surface area contributed by atoms with E-state index in [1.807, 2.05) is 32.9 Å². The van der Waals surface area contributed by atoms with E-state index >= 15 is 0 Å². The zero-order chi connectivity index (χ0) is 12.7. The van der Waals surface area contributed by atoms with Crippen LogP contribution in [0.4, 0.5) is 0 Å². The van der Waals surface area contributed by atoms with Gasteiger partial charge in [0.15, 0.2) is 0 Å². The second-order valence-electron chi connectivity index (χ2n) is 5.23. The molecule has 0 aromatic carbocycles. The van der Waals surface area contributed by atoms with Crippen molar-refractivity contribution in [3.8, 4) is 0 Å². The van der Waals surface area contributed by atoms with Gasteiger partial charge in [-0.15, -0.1) is 0 Å². The summed E-state index contributed by atoms with van der Waals surface area (Å²) in [5.41, 5.74) is -0.419. The van der Waals surface area contributed by atoms with Crippen molar-refractivity contribution in [1.82, 2.24) is 4.90 Å². The van der Waals surface area contributed by atoms with Crippen LogP contribution in [0.2, 0.25) is 0 Å². The summed E-state index contributed by atoms with van der Waals surface area (Å²) in [6.07, 6.45) is 3.94. The van der Waals surface area contributed by atoms with Crippen LogP contribution >= 0.6 is 0 Å². The van der Waals surface area contributed by atoms with Crippen molar-refractivity contribution < 1.29 is 14.3 Å². The van der Waals surface area contributed by atoms with Gasteiger partial charge < -0.3 is 9.47 Å². The van der Waals surface area contributed by atoms with Crippen LogP contribution in [0.15, 0.2) is 12.2 Å². The van der Waals surface area contributed by atoms with Crippen molar-refractivity contribution in [2.75, 3.05) is 39.5 Å². The van der Waals surface area contributed by atoms with Gasteiger partial charge in [-0.2, -0.15) is 0 Å². The number of hydrogen-bond acceptors (Lipinski definition) is 4. The molecule has 0 saturated carbocycles. The fraction of sp³-hybridized carbons (Fsp3) is 0.769. The van der Waals surface area contributed by atoms with Crippen molar-refractivity contribution >= 4 is 5.97 Å². The van der Waals surface area contributed by atoms with Crippen LogP contribution in [0.1, 0.15) is 20.8 Å². The molecule has 0 aliphatic carbocycles. The Kier molecular flexibility index (Phi) is 5.65. The van der Waals surface area contributed by atoms with Crippen molar-refractivity contribution in [2.24, 2.45) is 5.41 Å². The number of hydrogen-bond donors (Lipinski definition) is 0. The van der Waals surface area contributed by atoms with E-state index in [0.717, 1.165) is 32.8 Å². The second kappa shape index (κ2) is 6.77. The summed E-state index contributed by atoms with van der Waals surface area (Å²) in [5.74, 6) is -0.159. The lowest BCUT2D eigenvalue weighted by molar-refractivity contribution is -0.151. The summed E-state index contributed by atoms with van der Waals surface area (Å²) in [5, 5.41) is 0. The Labute approximate surface area is 104 Å². The van der Waals surface area contributed by atoms with Crippen molar-refractivity contribution in [3.63, 3.8) is 0 Å². The number of rotatable bonds is 4. The van der Waals surface area contributed by atoms with Crippen LogP contribution in [0, 0.1) is 5.41 Å².